The molecule has 0 N–H and O–H groups in total. The van der Waals surface area contributed by atoms with Crippen LogP contribution >= 0.6 is 0 Å². The molecule has 1 heteroatoms. The van der Waals surface area contributed by atoms with E-state index < -0.39 is 0 Å². The molecule has 0 atom stereocenters. The Morgan fingerprint density at radius 2 is 1.37 bits per heavy atom. The van der Waals surface area contributed by atoms with Gasteiger partial charge in [-0.25, -0.2) is 4.39 Å². The van der Waals surface area contributed by atoms with E-state index in [4.69, 9.17) is 0 Å². The number of hydrogen-bond donors (Lipinski definition) is 0. The maximum absolute atomic E-state index is 15.0. The van der Waals surface area contributed by atoms with Gasteiger partial charge in [-0.2, -0.15) is 0 Å². The first-order valence-electron chi connectivity index (χ1n) is 10.5. The highest BCUT2D eigenvalue weighted by Gasteiger charge is 2.07. The van der Waals surface area contributed by atoms with E-state index in [2.05, 4.69) is 49.1 Å². The van der Waals surface area contributed by atoms with Crippen molar-refractivity contribution in [2.24, 2.45) is 0 Å². The number of rotatable bonds is 4. The number of halogens is 1. The van der Waals surface area contributed by atoms with Crippen molar-refractivity contribution in [1.29, 1.82) is 0 Å². The third kappa shape index (κ3) is 4.61. The Morgan fingerprint density at radius 1 is 0.700 bits per heavy atom. The zero-order valence-corrected chi connectivity index (χ0v) is 17.5. The molecule has 0 nitrogen and oxygen atoms in total. The van der Waals surface area contributed by atoms with Crippen molar-refractivity contribution in [1.82, 2.24) is 0 Å². The molecule has 4 aromatic rings. The molecular weight excluding hydrogens is 367 g/mol. The van der Waals surface area contributed by atoms with E-state index in [1.165, 1.54) is 22.3 Å². The van der Waals surface area contributed by atoms with Gasteiger partial charge in [-0.05, 0) is 66.5 Å². The molecule has 0 radical (unpaired) electrons. The van der Waals surface area contributed by atoms with E-state index in [0.29, 0.717) is 10.9 Å². The Hall–Kier alpha value is -3.37. The third-order valence-electron chi connectivity index (χ3n) is 5.55. The van der Waals surface area contributed by atoms with Gasteiger partial charge in [0.15, 0.2) is 0 Å². The van der Waals surface area contributed by atoms with E-state index in [1.54, 1.807) is 6.07 Å². The second kappa shape index (κ2) is 8.97. The standard InChI is InChI=1S/C29H25F/c1-3-22-8-10-24(11-9-22)12-13-25-15-19-28-27(20-25)18-17-26(29(28)30)16-14-23-6-4-21(2)5-7-23/h4-11,15,17-20H,3,12-13H2,1-2H3. The van der Waals surface area contributed by atoms with E-state index in [9.17, 15) is 4.39 Å². The number of hydrogen-bond acceptors (Lipinski definition) is 0. The highest BCUT2D eigenvalue weighted by molar-refractivity contribution is 5.85. The Labute approximate surface area is 178 Å². The van der Waals surface area contributed by atoms with Crippen LogP contribution in [-0.2, 0) is 19.3 Å². The zero-order chi connectivity index (χ0) is 20.9. The highest BCUT2D eigenvalue weighted by atomic mass is 19.1. The molecule has 0 unspecified atom stereocenters. The Morgan fingerprint density at radius 3 is 2.10 bits per heavy atom. The summed E-state index contributed by atoms with van der Waals surface area (Å²) in [6, 6.07) is 26.5. The molecule has 4 aromatic carbocycles. The summed E-state index contributed by atoms with van der Waals surface area (Å²) in [7, 11) is 0. The van der Waals surface area contributed by atoms with Crippen molar-refractivity contribution in [2.75, 3.05) is 0 Å². The van der Waals surface area contributed by atoms with Crippen molar-refractivity contribution >= 4 is 10.8 Å². The van der Waals surface area contributed by atoms with Gasteiger partial charge in [-0.3, -0.25) is 0 Å². The lowest BCUT2D eigenvalue weighted by Crippen LogP contribution is -1.93. The minimum Gasteiger partial charge on any atom is -0.205 e. The molecule has 0 fully saturated rings. The molecule has 4 rings (SSSR count). The van der Waals surface area contributed by atoms with Gasteiger partial charge in [0.2, 0.25) is 0 Å². The van der Waals surface area contributed by atoms with Gasteiger partial charge in [0.05, 0.1) is 5.56 Å². The Balaban J connectivity index is 1.52. The molecule has 0 bridgehead atoms. The highest BCUT2D eigenvalue weighted by Crippen LogP contribution is 2.23. The fourth-order valence-corrected chi connectivity index (χ4v) is 3.60. The normalized spacial score (nSPS) is 10.6. The van der Waals surface area contributed by atoms with Gasteiger partial charge >= 0.3 is 0 Å². The van der Waals surface area contributed by atoms with Crippen molar-refractivity contribution < 1.29 is 4.39 Å². The molecule has 0 saturated heterocycles. The lowest BCUT2D eigenvalue weighted by atomic mass is 9.99. The topological polar surface area (TPSA) is 0 Å². The summed E-state index contributed by atoms with van der Waals surface area (Å²) < 4.78 is 15.0. The summed E-state index contributed by atoms with van der Waals surface area (Å²) in [4.78, 5) is 0. The predicted molar refractivity (Wildman–Crippen MR) is 124 cm³/mol. The quantitative estimate of drug-likeness (QED) is 0.327. The second-order valence-electron chi connectivity index (χ2n) is 7.77. The SMILES string of the molecule is CCc1ccc(CCc2ccc3c(F)c(C#Cc4ccc(C)cc4)ccc3c2)cc1. The van der Waals surface area contributed by atoms with E-state index >= 15 is 0 Å². The van der Waals surface area contributed by atoms with Crippen LogP contribution in [0.1, 0.15) is 40.3 Å². The first-order chi connectivity index (χ1) is 14.6. The first-order valence-corrected chi connectivity index (χ1v) is 10.5. The molecule has 0 saturated carbocycles. The van der Waals surface area contributed by atoms with Gasteiger partial charge < -0.3 is 0 Å². The lowest BCUT2D eigenvalue weighted by Gasteiger charge is -2.07. The number of benzene rings is 4. The van der Waals surface area contributed by atoms with Crippen LogP contribution in [-0.4, -0.2) is 0 Å². The summed E-state index contributed by atoms with van der Waals surface area (Å²) in [5, 5.41) is 1.55. The maximum atomic E-state index is 15.0. The smallest absolute Gasteiger partial charge is 0.146 e. The molecule has 0 spiro atoms. The molecule has 30 heavy (non-hydrogen) atoms. The average molecular weight is 393 g/mol. The summed E-state index contributed by atoms with van der Waals surface area (Å²) in [5.41, 5.74) is 6.43. The predicted octanol–water partition coefficient (Wildman–Crippen LogP) is 7.03. The van der Waals surface area contributed by atoms with Gasteiger partial charge in [0.1, 0.15) is 5.82 Å². The summed E-state index contributed by atoms with van der Waals surface area (Å²) in [6.07, 6.45) is 2.99. The molecular formula is C29H25F. The monoisotopic (exact) mass is 392 g/mol. The van der Waals surface area contributed by atoms with E-state index in [-0.39, 0.29) is 5.82 Å². The average Bonchev–Trinajstić information content (AvgIpc) is 2.78. The maximum Gasteiger partial charge on any atom is 0.146 e. The third-order valence-corrected chi connectivity index (χ3v) is 5.55. The summed E-state index contributed by atoms with van der Waals surface area (Å²) in [6.45, 7) is 4.21. The first kappa shape index (κ1) is 19.9. The van der Waals surface area contributed by atoms with Crippen molar-refractivity contribution in [2.45, 2.75) is 33.1 Å². The van der Waals surface area contributed by atoms with Crippen molar-refractivity contribution in [3.05, 3.63) is 118 Å². The molecule has 0 aliphatic heterocycles. The minimum atomic E-state index is -0.242. The van der Waals surface area contributed by atoms with Gasteiger partial charge in [0, 0.05) is 10.9 Å². The summed E-state index contributed by atoms with van der Waals surface area (Å²) >= 11 is 0. The molecule has 0 amide bonds. The fraction of sp³-hybridized carbons (Fsp3) is 0.172. The van der Waals surface area contributed by atoms with Gasteiger partial charge in [-0.15, -0.1) is 0 Å². The van der Waals surface area contributed by atoms with Crippen LogP contribution in [0.3, 0.4) is 0 Å². The Kier molecular flexibility index (Phi) is 5.96. The number of fused-ring (bicyclic) bond motifs is 1. The van der Waals surface area contributed by atoms with Gasteiger partial charge in [-0.1, -0.05) is 85.0 Å². The lowest BCUT2D eigenvalue weighted by molar-refractivity contribution is 0.636. The Bertz CT molecular complexity index is 1220. The molecule has 0 aromatic heterocycles. The van der Waals surface area contributed by atoms with Crippen LogP contribution in [0.2, 0.25) is 0 Å². The number of aryl methyl sites for hydroxylation is 4. The van der Waals surface area contributed by atoms with E-state index in [1.807, 2.05) is 49.4 Å². The zero-order valence-electron chi connectivity index (χ0n) is 17.5. The van der Waals surface area contributed by atoms with Crippen LogP contribution < -0.4 is 0 Å². The fourth-order valence-electron chi connectivity index (χ4n) is 3.60. The molecule has 0 heterocycles. The van der Waals surface area contributed by atoms with E-state index in [0.717, 1.165) is 30.2 Å². The van der Waals surface area contributed by atoms with Crippen LogP contribution in [0.15, 0.2) is 78.9 Å². The summed E-state index contributed by atoms with van der Waals surface area (Å²) in [5.74, 6) is 5.81. The van der Waals surface area contributed by atoms with Crippen LogP contribution in [0.4, 0.5) is 4.39 Å². The molecule has 0 aliphatic rings. The van der Waals surface area contributed by atoms with Crippen molar-refractivity contribution in [3.8, 4) is 11.8 Å². The van der Waals surface area contributed by atoms with Gasteiger partial charge in [0.25, 0.3) is 0 Å². The van der Waals surface area contributed by atoms with Crippen LogP contribution in [0, 0.1) is 24.6 Å². The van der Waals surface area contributed by atoms with Crippen molar-refractivity contribution in [3.63, 3.8) is 0 Å². The van der Waals surface area contributed by atoms with Crippen LogP contribution in [0.25, 0.3) is 10.8 Å². The minimum absolute atomic E-state index is 0.242. The largest absolute Gasteiger partial charge is 0.205 e. The van der Waals surface area contributed by atoms with Crippen LogP contribution in [0.5, 0.6) is 0 Å². The second-order valence-corrected chi connectivity index (χ2v) is 7.77. The molecule has 0 aliphatic carbocycles. The molecule has 148 valence electrons.